The monoisotopic (exact) mass is 432 g/mol. The Morgan fingerprint density at radius 3 is 2.91 bits per heavy atom. The molecular formula is C24H28N6O2. The van der Waals surface area contributed by atoms with Crippen LogP contribution in [0.2, 0.25) is 0 Å². The summed E-state index contributed by atoms with van der Waals surface area (Å²) in [6.45, 7) is 3.25. The second-order valence-electron chi connectivity index (χ2n) is 8.42. The first kappa shape index (κ1) is 20.6. The SMILES string of the molecule is COc1cccc(C(=O)CN2CCCC2c2[nH]ncc2-c2ccnc(N3CCCC3)n2)c1. The topological polar surface area (TPSA) is 87.2 Å². The number of aromatic amines is 1. The summed E-state index contributed by atoms with van der Waals surface area (Å²) in [6, 6.07) is 9.40. The van der Waals surface area contributed by atoms with Crippen molar-refractivity contribution < 1.29 is 9.53 Å². The van der Waals surface area contributed by atoms with Crippen LogP contribution in [0.1, 0.15) is 47.8 Å². The van der Waals surface area contributed by atoms with Crippen molar-refractivity contribution in [3.8, 4) is 17.0 Å². The Morgan fingerprint density at radius 1 is 1.19 bits per heavy atom. The number of aromatic nitrogens is 4. The summed E-state index contributed by atoms with van der Waals surface area (Å²) in [5, 5.41) is 7.54. The van der Waals surface area contributed by atoms with Crippen LogP contribution in [0.15, 0.2) is 42.7 Å². The van der Waals surface area contributed by atoms with Crippen molar-refractivity contribution in [1.82, 2.24) is 25.1 Å². The molecule has 8 nitrogen and oxygen atoms in total. The van der Waals surface area contributed by atoms with Crippen molar-refractivity contribution in [2.75, 3.05) is 38.2 Å². The zero-order chi connectivity index (χ0) is 21.9. The van der Waals surface area contributed by atoms with Gasteiger partial charge in [-0.3, -0.25) is 14.8 Å². The molecular weight excluding hydrogens is 404 g/mol. The molecule has 0 radical (unpaired) electrons. The highest BCUT2D eigenvalue weighted by atomic mass is 16.5. The number of Topliss-reactive ketones (excluding diaryl/α,β-unsaturated/α-hetero) is 1. The van der Waals surface area contributed by atoms with Crippen molar-refractivity contribution in [1.29, 1.82) is 0 Å². The van der Waals surface area contributed by atoms with E-state index in [0.29, 0.717) is 17.9 Å². The number of carbonyl (C=O) groups excluding carboxylic acids is 1. The molecule has 1 aromatic carbocycles. The maximum absolute atomic E-state index is 13.0. The first-order valence-electron chi connectivity index (χ1n) is 11.3. The highest BCUT2D eigenvalue weighted by Gasteiger charge is 2.31. The molecule has 8 heteroatoms. The fourth-order valence-corrected chi connectivity index (χ4v) is 4.74. The van der Waals surface area contributed by atoms with Gasteiger partial charge in [-0.1, -0.05) is 12.1 Å². The number of ketones is 1. The van der Waals surface area contributed by atoms with Crippen LogP contribution in [0.4, 0.5) is 5.95 Å². The molecule has 32 heavy (non-hydrogen) atoms. The van der Waals surface area contributed by atoms with Crippen molar-refractivity contribution in [2.24, 2.45) is 0 Å². The van der Waals surface area contributed by atoms with Crippen LogP contribution >= 0.6 is 0 Å². The molecule has 1 N–H and O–H groups in total. The van der Waals surface area contributed by atoms with Gasteiger partial charge in [-0.2, -0.15) is 5.10 Å². The number of benzene rings is 1. The predicted molar refractivity (Wildman–Crippen MR) is 122 cm³/mol. The number of hydrogen-bond donors (Lipinski definition) is 1. The number of carbonyl (C=O) groups is 1. The van der Waals surface area contributed by atoms with Crippen LogP contribution in [0, 0.1) is 0 Å². The van der Waals surface area contributed by atoms with E-state index in [4.69, 9.17) is 9.72 Å². The summed E-state index contributed by atoms with van der Waals surface area (Å²) < 4.78 is 5.27. The number of anilines is 1. The molecule has 2 aliphatic heterocycles. The molecule has 5 rings (SSSR count). The lowest BCUT2D eigenvalue weighted by Gasteiger charge is -2.24. The van der Waals surface area contributed by atoms with E-state index in [0.717, 1.165) is 55.4 Å². The number of nitrogens with zero attached hydrogens (tertiary/aromatic N) is 5. The third kappa shape index (κ3) is 4.10. The van der Waals surface area contributed by atoms with Crippen molar-refractivity contribution in [3.63, 3.8) is 0 Å². The van der Waals surface area contributed by atoms with Gasteiger partial charge in [-0.15, -0.1) is 0 Å². The fraction of sp³-hybridized carbons (Fsp3) is 0.417. The van der Waals surface area contributed by atoms with E-state index in [9.17, 15) is 4.79 Å². The number of hydrogen-bond acceptors (Lipinski definition) is 7. The number of likely N-dealkylation sites (tertiary alicyclic amines) is 1. The lowest BCUT2D eigenvalue weighted by molar-refractivity contribution is 0.0920. The molecule has 1 unspecified atom stereocenters. The first-order chi connectivity index (χ1) is 15.7. The van der Waals surface area contributed by atoms with Crippen molar-refractivity contribution >= 4 is 11.7 Å². The van der Waals surface area contributed by atoms with Gasteiger partial charge in [0.25, 0.3) is 0 Å². The second-order valence-corrected chi connectivity index (χ2v) is 8.42. The molecule has 0 aliphatic carbocycles. The van der Waals surface area contributed by atoms with Gasteiger partial charge in [-0.25, -0.2) is 9.97 Å². The zero-order valence-electron chi connectivity index (χ0n) is 18.3. The average Bonchev–Trinajstić information content (AvgIpc) is 3.60. The summed E-state index contributed by atoms with van der Waals surface area (Å²) in [7, 11) is 1.61. The van der Waals surface area contributed by atoms with Crippen LogP contribution in [0.5, 0.6) is 5.75 Å². The van der Waals surface area contributed by atoms with Gasteiger partial charge >= 0.3 is 0 Å². The average molecular weight is 433 g/mol. The van der Waals surface area contributed by atoms with E-state index in [1.54, 1.807) is 13.2 Å². The Hall–Kier alpha value is -3.26. The summed E-state index contributed by atoms with van der Waals surface area (Å²) in [6.07, 6.45) is 8.05. The summed E-state index contributed by atoms with van der Waals surface area (Å²) in [4.78, 5) is 26.8. The van der Waals surface area contributed by atoms with Gasteiger partial charge in [-0.05, 0) is 50.4 Å². The summed E-state index contributed by atoms with van der Waals surface area (Å²) >= 11 is 0. The Balaban J connectivity index is 1.37. The van der Waals surface area contributed by atoms with Crippen LogP contribution in [-0.4, -0.2) is 64.1 Å². The summed E-state index contributed by atoms with van der Waals surface area (Å²) in [5.74, 6) is 1.57. The Labute approximate surface area is 187 Å². The molecule has 2 aromatic heterocycles. The fourth-order valence-electron chi connectivity index (χ4n) is 4.74. The smallest absolute Gasteiger partial charge is 0.225 e. The number of H-pyrrole nitrogens is 1. The molecule has 0 saturated carbocycles. The molecule has 0 spiro atoms. The molecule has 166 valence electrons. The van der Waals surface area contributed by atoms with Crippen LogP contribution < -0.4 is 9.64 Å². The maximum atomic E-state index is 13.0. The molecule has 0 amide bonds. The summed E-state index contributed by atoms with van der Waals surface area (Å²) in [5.41, 5.74) is 3.55. The molecule has 4 heterocycles. The molecule has 2 aliphatic rings. The lowest BCUT2D eigenvalue weighted by Crippen LogP contribution is -2.30. The minimum Gasteiger partial charge on any atom is -0.497 e. The minimum atomic E-state index is 0.0928. The van der Waals surface area contributed by atoms with E-state index in [-0.39, 0.29) is 11.8 Å². The molecule has 1 atom stereocenters. The van der Waals surface area contributed by atoms with E-state index < -0.39 is 0 Å². The number of nitrogens with one attached hydrogen (secondary N) is 1. The van der Waals surface area contributed by atoms with Gasteiger partial charge in [0.15, 0.2) is 5.78 Å². The molecule has 2 saturated heterocycles. The standard InChI is InChI=1S/C24H28N6O2/c1-32-18-7-4-6-17(14-18)22(31)16-30-13-5-8-21(30)23-19(15-26-28-23)20-9-10-25-24(27-20)29-11-2-3-12-29/h4,6-7,9-10,14-15,21H,2-3,5,8,11-13,16H2,1H3,(H,26,28). The predicted octanol–water partition coefficient (Wildman–Crippen LogP) is 3.50. The van der Waals surface area contributed by atoms with Crippen LogP contribution in [0.25, 0.3) is 11.3 Å². The highest BCUT2D eigenvalue weighted by Crippen LogP contribution is 2.36. The minimum absolute atomic E-state index is 0.0928. The number of methoxy groups -OCH3 is 1. The molecule has 2 fully saturated rings. The zero-order valence-corrected chi connectivity index (χ0v) is 18.3. The van der Waals surface area contributed by atoms with Crippen LogP contribution in [-0.2, 0) is 0 Å². The van der Waals surface area contributed by atoms with E-state index in [2.05, 4.69) is 25.0 Å². The number of ether oxygens (including phenoxy) is 1. The van der Waals surface area contributed by atoms with E-state index >= 15 is 0 Å². The van der Waals surface area contributed by atoms with Gasteiger partial charge in [0.1, 0.15) is 5.75 Å². The molecule has 0 bridgehead atoms. The van der Waals surface area contributed by atoms with Crippen LogP contribution in [0.3, 0.4) is 0 Å². The van der Waals surface area contributed by atoms with Gasteiger partial charge < -0.3 is 9.64 Å². The van der Waals surface area contributed by atoms with E-state index in [1.807, 2.05) is 36.7 Å². The first-order valence-corrected chi connectivity index (χ1v) is 11.3. The number of rotatable bonds is 7. The normalized spacial score (nSPS) is 18.9. The van der Waals surface area contributed by atoms with Gasteiger partial charge in [0, 0.05) is 30.4 Å². The van der Waals surface area contributed by atoms with Crippen molar-refractivity contribution in [2.45, 2.75) is 31.7 Å². The largest absolute Gasteiger partial charge is 0.497 e. The Kier molecular flexibility index (Phi) is 5.85. The third-order valence-electron chi connectivity index (χ3n) is 6.41. The maximum Gasteiger partial charge on any atom is 0.225 e. The third-order valence-corrected chi connectivity index (χ3v) is 6.41. The molecule has 3 aromatic rings. The van der Waals surface area contributed by atoms with Crippen molar-refractivity contribution in [3.05, 3.63) is 54.0 Å². The Bertz CT molecular complexity index is 1090. The van der Waals surface area contributed by atoms with Gasteiger partial charge in [0.2, 0.25) is 5.95 Å². The highest BCUT2D eigenvalue weighted by molar-refractivity contribution is 5.98. The lowest BCUT2D eigenvalue weighted by atomic mass is 10.0. The quantitative estimate of drug-likeness (QED) is 0.572. The van der Waals surface area contributed by atoms with E-state index in [1.165, 1.54) is 12.8 Å². The second kappa shape index (κ2) is 9.08. The Morgan fingerprint density at radius 2 is 2.06 bits per heavy atom. The van der Waals surface area contributed by atoms with Gasteiger partial charge in [0.05, 0.1) is 37.3 Å².